The number of nitrogens with one attached hydrogen (secondary N) is 3. The van der Waals surface area contributed by atoms with Crippen LogP contribution in [0.15, 0.2) is 54.7 Å². The highest BCUT2D eigenvalue weighted by Gasteiger charge is 2.65. The van der Waals surface area contributed by atoms with Gasteiger partial charge in [0.25, 0.3) is 5.91 Å². The van der Waals surface area contributed by atoms with Crippen molar-refractivity contribution >= 4 is 41.1 Å². The normalized spacial score (nSPS) is 29.7. The van der Waals surface area contributed by atoms with E-state index in [-0.39, 0.29) is 23.8 Å². The van der Waals surface area contributed by atoms with E-state index in [1.54, 1.807) is 24.3 Å². The molecule has 3 amide bonds. The topological polar surface area (TPSA) is 79.7 Å². The summed E-state index contributed by atoms with van der Waals surface area (Å²) in [6.07, 6.45) is 3.85. The zero-order chi connectivity index (χ0) is 19.4. The Labute approximate surface area is 166 Å². The minimum Gasteiger partial charge on any atom is -0.321 e. The number of rotatable bonds is 2. The third kappa shape index (κ3) is 2.49. The number of benzene rings is 2. The lowest BCUT2D eigenvalue weighted by Crippen LogP contribution is -3.12. The molecule has 0 spiro atoms. The molecule has 0 aromatic heterocycles. The van der Waals surface area contributed by atoms with Crippen LogP contribution in [-0.2, 0) is 14.4 Å². The lowest BCUT2D eigenvalue weighted by Gasteiger charge is -2.29. The Hall–Kier alpha value is -2.96. The number of carbonyl (C=O) groups excluding carboxylic acids is 3. The second-order valence-electron chi connectivity index (χ2n) is 7.32. The van der Waals surface area contributed by atoms with Crippen LogP contribution in [0.4, 0.5) is 5.69 Å². The van der Waals surface area contributed by atoms with Gasteiger partial charge in [0.05, 0.1) is 6.20 Å². The van der Waals surface area contributed by atoms with Crippen molar-refractivity contribution in [2.45, 2.75) is 12.1 Å². The highest BCUT2D eigenvalue weighted by atomic mass is 35.5. The van der Waals surface area contributed by atoms with Crippen molar-refractivity contribution < 1.29 is 19.3 Å². The summed E-state index contributed by atoms with van der Waals surface area (Å²) in [6.45, 7) is 0. The summed E-state index contributed by atoms with van der Waals surface area (Å²) in [4.78, 5) is 39.1. The molecule has 0 radical (unpaired) electrons. The first-order chi connectivity index (χ1) is 13.5. The zero-order valence-corrected chi connectivity index (χ0v) is 15.4. The molecule has 2 aromatic rings. The molecule has 2 fully saturated rings. The van der Waals surface area contributed by atoms with E-state index in [1.165, 1.54) is 0 Å². The SMILES string of the molecule is O=C1NC(=O)[C@H]2[C@@H]1[C@@H](C(=O)Nc1ccc(Cl)cc1)[NH+]1C=Cc3ccccc3[C@H]21. The second kappa shape index (κ2) is 6.29. The third-order valence-corrected chi connectivity index (χ3v) is 6.11. The molecule has 5 atom stereocenters. The van der Waals surface area contributed by atoms with Crippen LogP contribution in [0.3, 0.4) is 0 Å². The number of hydrogen-bond acceptors (Lipinski definition) is 3. The molecule has 5 rings (SSSR count). The molecule has 6 nitrogen and oxygen atoms in total. The van der Waals surface area contributed by atoms with Gasteiger partial charge in [-0.2, -0.15) is 0 Å². The number of quaternary nitrogens is 1. The largest absolute Gasteiger partial charge is 0.321 e. The first-order valence-electron chi connectivity index (χ1n) is 9.09. The molecule has 140 valence electrons. The van der Waals surface area contributed by atoms with Gasteiger partial charge in [-0.05, 0) is 35.9 Å². The number of halogens is 1. The van der Waals surface area contributed by atoms with Gasteiger partial charge in [-0.3, -0.25) is 24.6 Å². The smallest absolute Gasteiger partial charge is 0.283 e. The van der Waals surface area contributed by atoms with E-state index in [0.717, 1.165) is 16.0 Å². The predicted octanol–water partition coefficient (Wildman–Crippen LogP) is 1.16. The Kier molecular flexibility index (Phi) is 3.86. The Morgan fingerprint density at radius 3 is 2.50 bits per heavy atom. The lowest BCUT2D eigenvalue weighted by atomic mass is 9.84. The Morgan fingerprint density at radius 2 is 1.71 bits per heavy atom. The highest BCUT2D eigenvalue weighted by Crippen LogP contribution is 2.40. The van der Waals surface area contributed by atoms with E-state index >= 15 is 0 Å². The van der Waals surface area contributed by atoms with Gasteiger partial charge in [0.1, 0.15) is 17.9 Å². The van der Waals surface area contributed by atoms with Crippen LogP contribution in [0.1, 0.15) is 17.2 Å². The summed E-state index contributed by atoms with van der Waals surface area (Å²) < 4.78 is 0. The lowest BCUT2D eigenvalue weighted by molar-refractivity contribution is -0.884. The summed E-state index contributed by atoms with van der Waals surface area (Å²) >= 11 is 5.91. The zero-order valence-electron chi connectivity index (χ0n) is 14.7. The molecule has 3 N–H and O–H groups in total. The van der Waals surface area contributed by atoms with Gasteiger partial charge in [-0.1, -0.05) is 35.9 Å². The standard InChI is InChI=1S/C21H16ClN3O3/c22-12-5-7-13(8-6-12)23-21(28)18-16-15(19(26)24-20(16)27)17-14-4-2-1-3-11(14)9-10-25(17)18/h1-10,15-18H,(H,23,28)(H,24,26,27)/p+1/t15-,16+,17+,18-/m0/s1. The molecule has 3 aliphatic rings. The number of amides is 3. The maximum absolute atomic E-state index is 13.2. The summed E-state index contributed by atoms with van der Waals surface area (Å²) in [7, 11) is 0. The summed E-state index contributed by atoms with van der Waals surface area (Å²) in [5.74, 6) is -2.22. The Bertz CT molecular complexity index is 1030. The van der Waals surface area contributed by atoms with Crippen molar-refractivity contribution in [3.05, 3.63) is 70.9 Å². The van der Waals surface area contributed by atoms with E-state index in [1.807, 2.05) is 36.5 Å². The molecule has 0 bridgehead atoms. The van der Waals surface area contributed by atoms with Crippen LogP contribution in [0, 0.1) is 11.8 Å². The predicted molar refractivity (Wildman–Crippen MR) is 103 cm³/mol. The van der Waals surface area contributed by atoms with Crippen LogP contribution < -0.4 is 15.5 Å². The summed E-state index contributed by atoms with van der Waals surface area (Å²) in [5.41, 5.74) is 2.60. The third-order valence-electron chi connectivity index (χ3n) is 5.86. The maximum atomic E-state index is 13.2. The molecule has 2 aromatic carbocycles. The van der Waals surface area contributed by atoms with Crippen LogP contribution in [0.2, 0.25) is 5.02 Å². The first-order valence-corrected chi connectivity index (χ1v) is 9.47. The molecular weight excluding hydrogens is 378 g/mol. The van der Waals surface area contributed by atoms with Crippen molar-refractivity contribution in [2.24, 2.45) is 11.8 Å². The van der Waals surface area contributed by atoms with E-state index < -0.39 is 17.9 Å². The minimum absolute atomic E-state index is 0.265. The molecule has 0 saturated carbocycles. The molecule has 3 aliphatic heterocycles. The number of anilines is 1. The molecule has 2 saturated heterocycles. The fourth-order valence-corrected chi connectivity index (χ4v) is 4.85. The molecule has 1 unspecified atom stereocenters. The van der Waals surface area contributed by atoms with Gasteiger partial charge < -0.3 is 5.32 Å². The van der Waals surface area contributed by atoms with Gasteiger partial charge in [-0.25, -0.2) is 0 Å². The highest BCUT2D eigenvalue weighted by molar-refractivity contribution is 6.30. The summed E-state index contributed by atoms with van der Waals surface area (Å²) in [5, 5.41) is 5.87. The van der Waals surface area contributed by atoms with Gasteiger partial charge in [0.15, 0.2) is 6.04 Å². The van der Waals surface area contributed by atoms with Crippen LogP contribution in [0.25, 0.3) is 6.08 Å². The van der Waals surface area contributed by atoms with E-state index in [0.29, 0.717) is 10.7 Å². The van der Waals surface area contributed by atoms with E-state index in [4.69, 9.17) is 11.6 Å². The molecule has 7 heteroatoms. The average Bonchev–Trinajstić information content (AvgIpc) is 3.19. The minimum atomic E-state index is -0.699. The van der Waals surface area contributed by atoms with E-state index in [9.17, 15) is 14.4 Å². The van der Waals surface area contributed by atoms with Gasteiger partial charge >= 0.3 is 0 Å². The van der Waals surface area contributed by atoms with Crippen LogP contribution in [-0.4, -0.2) is 23.8 Å². The number of imide groups is 1. The summed E-state index contributed by atoms with van der Waals surface area (Å²) in [6, 6.07) is 13.6. The van der Waals surface area contributed by atoms with Crippen LogP contribution in [0.5, 0.6) is 0 Å². The Morgan fingerprint density at radius 1 is 1.00 bits per heavy atom. The van der Waals surface area contributed by atoms with Crippen molar-refractivity contribution in [1.29, 1.82) is 0 Å². The van der Waals surface area contributed by atoms with Crippen molar-refractivity contribution in [3.63, 3.8) is 0 Å². The fraction of sp³-hybridized carbons (Fsp3) is 0.190. The van der Waals surface area contributed by atoms with Crippen molar-refractivity contribution in [2.75, 3.05) is 5.32 Å². The number of hydrogen-bond donors (Lipinski definition) is 3. The van der Waals surface area contributed by atoms with Crippen molar-refractivity contribution in [3.8, 4) is 0 Å². The fourth-order valence-electron chi connectivity index (χ4n) is 4.72. The van der Waals surface area contributed by atoms with E-state index in [2.05, 4.69) is 10.6 Å². The average molecular weight is 395 g/mol. The molecule has 3 heterocycles. The second-order valence-corrected chi connectivity index (χ2v) is 7.76. The van der Waals surface area contributed by atoms with Gasteiger partial charge in [0, 0.05) is 16.3 Å². The number of carbonyl (C=O) groups is 3. The van der Waals surface area contributed by atoms with Gasteiger partial charge in [-0.15, -0.1) is 0 Å². The quantitative estimate of drug-likeness (QED) is 0.669. The van der Waals surface area contributed by atoms with Crippen LogP contribution >= 0.6 is 11.6 Å². The monoisotopic (exact) mass is 394 g/mol. The molecule has 0 aliphatic carbocycles. The molecular formula is C21H17ClN3O3+. The molecule has 28 heavy (non-hydrogen) atoms. The van der Waals surface area contributed by atoms with Gasteiger partial charge in [0.2, 0.25) is 11.8 Å². The first kappa shape index (κ1) is 17.2. The number of fused-ring (bicyclic) bond motifs is 5. The van der Waals surface area contributed by atoms with Crippen molar-refractivity contribution in [1.82, 2.24) is 5.32 Å². The maximum Gasteiger partial charge on any atom is 0.283 e. The Balaban J connectivity index is 1.54.